The number of rotatable bonds is 3. The Balaban J connectivity index is 2.89. The molecular formula is C15H10F3N3O3. The fourth-order valence-corrected chi connectivity index (χ4v) is 2.13. The summed E-state index contributed by atoms with van der Waals surface area (Å²) >= 11 is 0. The first-order valence-electron chi connectivity index (χ1n) is 6.42. The van der Waals surface area contributed by atoms with Gasteiger partial charge in [-0.15, -0.1) is 0 Å². The Bertz CT molecular complexity index is 863. The van der Waals surface area contributed by atoms with Crippen molar-refractivity contribution >= 4 is 11.6 Å². The molecule has 0 aliphatic heterocycles. The predicted molar refractivity (Wildman–Crippen MR) is 76.9 cm³/mol. The molecule has 2 rings (SSSR count). The number of anilines is 1. The maximum absolute atomic E-state index is 13.4. The Labute approximate surface area is 133 Å². The van der Waals surface area contributed by atoms with Gasteiger partial charge in [0.1, 0.15) is 12.0 Å². The molecule has 9 heteroatoms. The number of alkyl halides is 3. The number of aromatic nitrogens is 1. The molecule has 0 radical (unpaired) electrons. The second-order valence-corrected chi connectivity index (χ2v) is 4.69. The lowest BCUT2D eigenvalue weighted by molar-refractivity contribution is -0.137. The minimum atomic E-state index is -4.93. The number of benzene rings is 1. The van der Waals surface area contributed by atoms with Crippen LogP contribution in [0.1, 0.15) is 16.8 Å². The van der Waals surface area contributed by atoms with Gasteiger partial charge in [-0.2, -0.15) is 18.4 Å². The summed E-state index contributed by atoms with van der Waals surface area (Å²) in [6.45, 7) is 4.58. The standard InChI is InChI=1S/C15H10F3N3O3/c1-3-11(22)20-10-4-8(5-19)13(15(16,17)18)12(14(10)23)9-6-24-21-7(9)2/h3-4,6,23H,1H2,2H3,(H,20,22). The second kappa shape index (κ2) is 6.08. The minimum Gasteiger partial charge on any atom is -0.505 e. The molecule has 1 heterocycles. The van der Waals surface area contributed by atoms with E-state index in [0.29, 0.717) is 0 Å². The van der Waals surface area contributed by atoms with E-state index >= 15 is 0 Å². The Hall–Kier alpha value is -3.28. The van der Waals surface area contributed by atoms with Crippen LogP contribution in [-0.2, 0) is 11.0 Å². The summed E-state index contributed by atoms with van der Waals surface area (Å²) in [6.07, 6.45) is -3.14. The van der Waals surface area contributed by atoms with Gasteiger partial charge >= 0.3 is 6.18 Å². The van der Waals surface area contributed by atoms with E-state index in [1.165, 1.54) is 13.0 Å². The number of carbonyl (C=O) groups is 1. The number of nitrogens with one attached hydrogen (secondary N) is 1. The molecule has 1 amide bonds. The SMILES string of the molecule is C=CC(=O)Nc1cc(C#N)c(C(F)(F)F)c(-c2conc2C)c1O. The number of aryl methyl sites for hydroxylation is 1. The molecule has 0 saturated carbocycles. The molecule has 0 aliphatic carbocycles. The van der Waals surface area contributed by atoms with Gasteiger partial charge in [-0.1, -0.05) is 11.7 Å². The van der Waals surface area contributed by atoms with Gasteiger partial charge in [0, 0.05) is 11.1 Å². The van der Waals surface area contributed by atoms with E-state index in [2.05, 4.69) is 21.6 Å². The van der Waals surface area contributed by atoms with Crippen molar-refractivity contribution in [3.63, 3.8) is 0 Å². The van der Waals surface area contributed by atoms with Crippen LogP contribution in [0.5, 0.6) is 5.75 Å². The summed E-state index contributed by atoms with van der Waals surface area (Å²) in [5, 5.41) is 25.0. The van der Waals surface area contributed by atoms with Crippen molar-refractivity contribution < 1.29 is 27.6 Å². The van der Waals surface area contributed by atoms with Gasteiger partial charge in [-0.25, -0.2) is 0 Å². The van der Waals surface area contributed by atoms with E-state index in [4.69, 9.17) is 5.26 Å². The van der Waals surface area contributed by atoms with Crippen molar-refractivity contribution in [1.29, 1.82) is 5.26 Å². The smallest absolute Gasteiger partial charge is 0.418 e. The Morgan fingerprint density at radius 1 is 1.54 bits per heavy atom. The summed E-state index contributed by atoms with van der Waals surface area (Å²) in [6, 6.07) is 2.17. The number of halogens is 3. The van der Waals surface area contributed by atoms with Crippen LogP contribution in [0.3, 0.4) is 0 Å². The zero-order valence-corrected chi connectivity index (χ0v) is 12.2. The first-order chi connectivity index (χ1) is 11.2. The van der Waals surface area contributed by atoms with Crippen molar-refractivity contribution in [3.8, 4) is 22.9 Å². The number of amides is 1. The number of hydrogen-bond donors (Lipinski definition) is 2. The normalized spacial score (nSPS) is 11.0. The molecule has 1 aromatic carbocycles. The van der Waals surface area contributed by atoms with Gasteiger partial charge in [-0.05, 0) is 19.1 Å². The quantitative estimate of drug-likeness (QED) is 0.661. The molecule has 124 valence electrons. The molecule has 0 saturated heterocycles. The Morgan fingerprint density at radius 3 is 2.67 bits per heavy atom. The number of phenols is 1. The lowest BCUT2D eigenvalue weighted by Gasteiger charge is -2.18. The zero-order valence-electron chi connectivity index (χ0n) is 12.2. The van der Waals surface area contributed by atoms with E-state index in [9.17, 15) is 23.1 Å². The molecule has 0 atom stereocenters. The van der Waals surface area contributed by atoms with Crippen LogP contribution in [0.25, 0.3) is 11.1 Å². The lowest BCUT2D eigenvalue weighted by atomic mass is 9.93. The Kier molecular flexibility index (Phi) is 4.33. The summed E-state index contributed by atoms with van der Waals surface area (Å²) in [5.74, 6) is -1.62. The van der Waals surface area contributed by atoms with Crippen molar-refractivity contribution in [1.82, 2.24) is 5.16 Å². The molecule has 1 aromatic heterocycles. The molecule has 0 bridgehead atoms. The zero-order chi connectivity index (χ0) is 18.1. The van der Waals surface area contributed by atoms with E-state index in [0.717, 1.165) is 18.4 Å². The van der Waals surface area contributed by atoms with Crippen LogP contribution < -0.4 is 5.32 Å². The van der Waals surface area contributed by atoms with Gasteiger partial charge in [0.05, 0.1) is 28.6 Å². The van der Waals surface area contributed by atoms with E-state index in [1.807, 2.05) is 0 Å². The minimum absolute atomic E-state index is 0.0758. The van der Waals surface area contributed by atoms with E-state index < -0.39 is 34.5 Å². The van der Waals surface area contributed by atoms with E-state index in [1.54, 1.807) is 0 Å². The summed E-state index contributed by atoms with van der Waals surface area (Å²) in [4.78, 5) is 11.4. The molecule has 0 fully saturated rings. The van der Waals surface area contributed by atoms with Crippen molar-refractivity contribution in [2.75, 3.05) is 5.32 Å². The van der Waals surface area contributed by atoms with Crippen LogP contribution in [-0.4, -0.2) is 16.2 Å². The third-order valence-corrected chi connectivity index (χ3v) is 3.17. The lowest BCUT2D eigenvalue weighted by Crippen LogP contribution is -2.13. The first-order valence-corrected chi connectivity index (χ1v) is 6.42. The second-order valence-electron chi connectivity index (χ2n) is 4.69. The highest BCUT2D eigenvalue weighted by Gasteiger charge is 2.40. The number of aromatic hydroxyl groups is 1. The average molecular weight is 337 g/mol. The highest BCUT2D eigenvalue weighted by molar-refractivity contribution is 6.01. The maximum atomic E-state index is 13.4. The molecule has 6 nitrogen and oxygen atoms in total. The van der Waals surface area contributed by atoms with Gasteiger partial charge in [-0.3, -0.25) is 4.79 Å². The van der Waals surface area contributed by atoms with Crippen LogP contribution in [0.15, 0.2) is 29.5 Å². The monoisotopic (exact) mass is 337 g/mol. The first kappa shape index (κ1) is 17.1. The number of nitrogens with zero attached hydrogens (tertiary/aromatic N) is 2. The topological polar surface area (TPSA) is 99.2 Å². The summed E-state index contributed by atoms with van der Waals surface area (Å²) < 4.78 is 45.0. The van der Waals surface area contributed by atoms with E-state index in [-0.39, 0.29) is 16.9 Å². The third-order valence-electron chi connectivity index (χ3n) is 3.17. The van der Waals surface area contributed by atoms with Crippen molar-refractivity contribution in [3.05, 3.63) is 41.8 Å². The molecule has 0 unspecified atom stereocenters. The Morgan fingerprint density at radius 2 is 2.21 bits per heavy atom. The van der Waals surface area contributed by atoms with Crippen LogP contribution in [0, 0.1) is 18.3 Å². The number of phenolic OH excluding ortho intramolecular Hbond substituents is 1. The fourth-order valence-electron chi connectivity index (χ4n) is 2.13. The fraction of sp³-hybridized carbons (Fsp3) is 0.133. The summed E-state index contributed by atoms with van der Waals surface area (Å²) in [7, 11) is 0. The maximum Gasteiger partial charge on any atom is 0.418 e. The van der Waals surface area contributed by atoms with Crippen LogP contribution in [0.2, 0.25) is 0 Å². The number of carbonyl (C=O) groups excluding carboxylic acids is 1. The summed E-state index contributed by atoms with van der Waals surface area (Å²) in [5.41, 5.74) is -3.24. The largest absolute Gasteiger partial charge is 0.505 e. The van der Waals surface area contributed by atoms with Gasteiger partial charge in [0.25, 0.3) is 0 Å². The van der Waals surface area contributed by atoms with Crippen LogP contribution in [0.4, 0.5) is 18.9 Å². The number of nitriles is 1. The number of hydrogen-bond acceptors (Lipinski definition) is 5. The molecule has 2 aromatic rings. The average Bonchev–Trinajstić information content (AvgIpc) is 2.93. The highest BCUT2D eigenvalue weighted by Crippen LogP contribution is 2.47. The van der Waals surface area contributed by atoms with Crippen molar-refractivity contribution in [2.24, 2.45) is 0 Å². The molecule has 0 aliphatic rings. The molecular weight excluding hydrogens is 327 g/mol. The molecule has 2 N–H and O–H groups in total. The third kappa shape index (κ3) is 2.94. The van der Waals surface area contributed by atoms with Gasteiger partial charge in [0.15, 0.2) is 0 Å². The van der Waals surface area contributed by atoms with Crippen LogP contribution >= 0.6 is 0 Å². The van der Waals surface area contributed by atoms with Gasteiger partial charge in [0.2, 0.25) is 5.91 Å². The molecule has 24 heavy (non-hydrogen) atoms. The van der Waals surface area contributed by atoms with Gasteiger partial charge < -0.3 is 14.9 Å². The van der Waals surface area contributed by atoms with Crippen molar-refractivity contribution in [2.45, 2.75) is 13.1 Å². The highest BCUT2D eigenvalue weighted by atomic mass is 19.4. The molecule has 0 spiro atoms. The predicted octanol–water partition coefficient (Wildman–Crippen LogP) is 3.37.